The zero-order valence-corrected chi connectivity index (χ0v) is 17.5. The summed E-state index contributed by atoms with van der Waals surface area (Å²) < 4.78 is 0. The highest BCUT2D eigenvalue weighted by atomic mass is 16.6. The lowest BCUT2D eigenvalue weighted by Gasteiger charge is -2.04. The summed E-state index contributed by atoms with van der Waals surface area (Å²) in [6.07, 6.45) is 4.52. The summed E-state index contributed by atoms with van der Waals surface area (Å²) in [6.45, 7) is 0.868. The number of nitrogens with zero attached hydrogens (tertiary/aromatic N) is 2. The molecule has 6 nitrogen and oxygen atoms in total. The smallest absolute Gasteiger partial charge is 0.132 e. The number of phenolic OH excluding ortho intramolecular Hbond substituents is 2. The van der Waals surface area contributed by atoms with Crippen LogP contribution in [0.4, 0.5) is 0 Å². The number of hydrogen-bond donors (Lipinski definition) is 2. The van der Waals surface area contributed by atoms with Gasteiger partial charge in [-0.05, 0) is 35.7 Å². The minimum absolute atomic E-state index is 0.194. The second-order valence-corrected chi connectivity index (χ2v) is 7.29. The van der Waals surface area contributed by atoms with Crippen molar-refractivity contribution in [2.75, 3.05) is 13.2 Å². The zero-order valence-electron chi connectivity index (χ0n) is 17.5. The number of phenols is 2. The predicted molar refractivity (Wildman–Crippen MR) is 128 cm³/mol. The van der Waals surface area contributed by atoms with E-state index >= 15 is 0 Å². The molecule has 0 amide bonds. The molecule has 2 N–H and O–H groups in total. The maximum Gasteiger partial charge on any atom is 0.132 e. The number of unbranched alkanes of at least 4 members (excludes halogenated alkanes) is 1. The Hall–Kier alpha value is -4.06. The molecule has 6 heteroatoms. The summed E-state index contributed by atoms with van der Waals surface area (Å²) in [6, 6.07) is 22.8. The Labute approximate surface area is 186 Å². The Morgan fingerprint density at radius 3 is 1.50 bits per heavy atom. The van der Waals surface area contributed by atoms with E-state index in [0.717, 1.165) is 34.4 Å². The standard InChI is InChI=1S/C26H24N2O4/c29-25-21(13-11-19-7-1-3-9-23(19)25)17-27-31-15-5-6-16-32-28-18-22-14-12-20-8-2-4-10-24(20)26(22)30/h1-4,7-14,17-18,29-30H,5-6,15-16H2. The number of hydrogen-bond acceptors (Lipinski definition) is 6. The number of fused-ring (bicyclic) bond motifs is 2. The van der Waals surface area contributed by atoms with Crippen molar-refractivity contribution in [3.8, 4) is 11.5 Å². The van der Waals surface area contributed by atoms with Gasteiger partial charge in [0.1, 0.15) is 24.7 Å². The van der Waals surface area contributed by atoms with E-state index < -0.39 is 0 Å². The first-order valence-corrected chi connectivity index (χ1v) is 10.5. The SMILES string of the molecule is Oc1c(C=NOCCCCON=Cc2ccc3ccccc3c2O)ccc2ccccc12. The molecular weight excluding hydrogens is 404 g/mol. The second-order valence-electron chi connectivity index (χ2n) is 7.29. The van der Waals surface area contributed by atoms with Crippen molar-refractivity contribution < 1.29 is 19.9 Å². The Balaban J connectivity index is 1.17. The van der Waals surface area contributed by atoms with Gasteiger partial charge in [-0.3, -0.25) is 0 Å². The number of rotatable bonds is 9. The van der Waals surface area contributed by atoms with Crippen LogP contribution in [0, 0.1) is 0 Å². The van der Waals surface area contributed by atoms with Crippen LogP contribution in [0.15, 0.2) is 83.1 Å². The van der Waals surface area contributed by atoms with E-state index in [1.807, 2.05) is 72.8 Å². The van der Waals surface area contributed by atoms with Crippen molar-refractivity contribution in [1.82, 2.24) is 0 Å². The van der Waals surface area contributed by atoms with Gasteiger partial charge in [-0.25, -0.2) is 0 Å². The summed E-state index contributed by atoms with van der Waals surface area (Å²) in [4.78, 5) is 10.5. The molecule has 0 aliphatic heterocycles. The summed E-state index contributed by atoms with van der Waals surface area (Å²) in [5.74, 6) is 0.387. The molecule has 162 valence electrons. The van der Waals surface area contributed by atoms with E-state index in [9.17, 15) is 10.2 Å². The highest BCUT2D eigenvalue weighted by molar-refractivity contribution is 5.97. The molecule has 32 heavy (non-hydrogen) atoms. The van der Waals surface area contributed by atoms with Crippen LogP contribution in [-0.2, 0) is 9.68 Å². The molecule has 0 fully saturated rings. The molecule has 4 rings (SSSR count). The molecule has 0 saturated carbocycles. The molecule has 0 atom stereocenters. The average Bonchev–Trinajstić information content (AvgIpc) is 2.83. The fraction of sp³-hybridized carbons (Fsp3) is 0.154. The van der Waals surface area contributed by atoms with Crippen LogP contribution in [0.2, 0.25) is 0 Å². The number of benzene rings is 4. The Morgan fingerprint density at radius 2 is 1.03 bits per heavy atom. The quantitative estimate of drug-likeness (QED) is 0.207. The van der Waals surface area contributed by atoms with Crippen molar-refractivity contribution >= 4 is 34.0 Å². The van der Waals surface area contributed by atoms with Crippen molar-refractivity contribution in [3.05, 3.63) is 83.9 Å². The van der Waals surface area contributed by atoms with E-state index in [2.05, 4.69) is 10.3 Å². The topological polar surface area (TPSA) is 83.6 Å². The summed E-state index contributed by atoms with van der Waals surface area (Å²) >= 11 is 0. The van der Waals surface area contributed by atoms with Gasteiger partial charge >= 0.3 is 0 Å². The maximum absolute atomic E-state index is 10.3. The minimum Gasteiger partial charge on any atom is -0.507 e. The van der Waals surface area contributed by atoms with Gasteiger partial charge in [-0.1, -0.05) is 71.0 Å². The number of oxime groups is 2. The van der Waals surface area contributed by atoms with Crippen molar-refractivity contribution in [1.29, 1.82) is 0 Å². The monoisotopic (exact) mass is 428 g/mol. The van der Waals surface area contributed by atoms with Crippen molar-refractivity contribution in [2.45, 2.75) is 12.8 Å². The normalized spacial score (nSPS) is 11.6. The highest BCUT2D eigenvalue weighted by Crippen LogP contribution is 2.28. The summed E-state index contributed by atoms with van der Waals surface area (Å²) in [5.41, 5.74) is 1.22. The highest BCUT2D eigenvalue weighted by Gasteiger charge is 2.05. The van der Waals surface area contributed by atoms with Gasteiger partial charge in [-0.2, -0.15) is 0 Å². The third kappa shape index (κ3) is 4.98. The van der Waals surface area contributed by atoms with E-state index in [1.54, 1.807) is 0 Å². The molecule has 0 aliphatic carbocycles. The fourth-order valence-corrected chi connectivity index (χ4v) is 3.38. The average molecular weight is 428 g/mol. The molecule has 0 spiro atoms. The molecule has 0 aliphatic rings. The molecule has 4 aromatic carbocycles. The first-order valence-electron chi connectivity index (χ1n) is 10.5. The summed E-state index contributed by atoms with van der Waals surface area (Å²) in [7, 11) is 0. The van der Waals surface area contributed by atoms with Crippen LogP contribution < -0.4 is 0 Å². The maximum atomic E-state index is 10.3. The van der Waals surface area contributed by atoms with Gasteiger partial charge in [-0.15, -0.1) is 0 Å². The number of aromatic hydroxyl groups is 2. The fourth-order valence-electron chi connectivity index (χ4n) is 3.38. The van der Waals surface area contributed by atoms with Crippen molar-refractivity contribution in [2.24, 2.45) is 10.3 Å². The minimum atomic E-state index is 0.194. The lowest BCUT2D eigenvalue weighted by molar-refractivity contribution is 0.112. The molecular formula is C26H24N2O4. The van der Waals surface area contributed by atoms with E-state index in [4.69, 9.17) is 9.68 Å². The molecule has 0 aromatic heterocycles. The first-order chi connectivity index (χ1) is 15.7. The molecule has 0 saturated heterocycles. The van der Waals surface area contributed by atoms with E-state index in [-0.39, 0.29) is 11.5 Å². The predicted octanol–water partition coefficient (Wildman–Crippen LogP) is 5.59. The molecule has 0 heterocycles. The van der Waals surface area contributed by atoms with Crippen LogP contribution >= 0.6 is 0 Å². The van der Waals surface area contributed by atoms with Gasteiger partial charge in [0, 0.05) is 21.9 Å². The Kier molecular flexibility index (Phi) is 6.82. The molecule has 4 aromatic rings. The van der Waals surface area contributed by atoms with Crippen LogP contribution in [0.25, 0.3) is 21.5 Å². The van der Waals surface area contributed by atoms with E-state index in [0.29, 0.717) is 24.3 Å². The van der Waals surface area contributed by atoms with Crippen LogP contribution in [-0.4, -0.2) is 35.9 Å². The largest absolute Gasteiger partial charge is 0.507 e. The van der Waals surface area contributed by atoms with E-state index in [1.165, 1.54) is 12.4 Å². The van der Waals surface area contributed by atoms with Gasteiger partial charge < -0.3 is 19.9 Å². The molecule has 0 unspecified atom stereocenters. The van der Waals surface area contributed by atoms with Gasteiger partial charge in [0.2, 0.25) is 0 Å². The summed E-state index contributed by atoms with van der Waals surface area (Å²) in [5, 5.41) is 32.0. The van der Waals surface area contributed by atoms with Crippen LogP contribution in [0.3, 0.4) is 0 Å². The van der Waals surface area contributed by atoms with Crippen LogP contribution in [0.5, 0.6) is 11.5 Å². The Morgan fingerprint density at radius 1 is 0.594 bits per heavy atom. The molecule has 0 radical (unpaired) electrons. The first kappa shape index (κ1) is 21.2. The molecule has 0 bridgehead atoms. The van der Waals surface area contributed by atoms with Gasteiger partial charge in [0.25, 0.3) is 0 Å². The lowest BCUT2D eigenvalue weighted by Crippen LogP contribution is -1.94. The lowest BCUT2D eigenvalue weighted by atomic mass is 10.1. The zero-order chi connectivity index (χ0) is 22.2. The third-order valence-electron chi connectivity index (χ3n) is 5.12. The van der Waals surface area contributed by atoms with Crippen LogP contribution in [0.1, 0.15) is 24.0 Å². The van der Waals surface area contributed by atoms with Gasteiger partial charge in [0.15, 0.2) is 0 Å². The third-order valence-corrected chi connectivity index (χ3v) is 5.12. The van der Waals surface area contributed by atoms with Gasteiger partial charge in [0.05, 0.1) is 12.4 Å². The second kappa shape index (κ2) is 10.3. The Bertz CT molecular complexity index is 1170. The van der Waals surface area contributed by atoms with Crippen molar-refractivity contribution in [3.63, 3.8) is 0 Å².